The summed E-state index contributed by atoms with van der Waals surface area (Å²) >= 11 is 0. The van der Waals surface area contributed by atoms with E-state index in [1.165, 1.54) is 21.3 Å². The lowest BCUT2D eigenvalue weighted by molar-refractivity contribution is 0.262. The number of carbonyl (C=O) groups is 1. The van der Waals surface area contributed by atoms with Crippen molar-refractivity contribution in [3.8, 4) is 23.3 Å². The highest BCUT2D eigenvalue weighted by molar-refractivity contribution is 6.00. The van der Waals surface area contributed by atoms with Gasteiger partial charge in [0.1, 0.15) is 0 Å². The highest BCUT2D eigenvalue weighted by Crippen LogP contribution is 2.39. The van der Waals surface area contributed by atoms with Crippen LogP contribution in [0.2, 0.25) is 0 Å². The summed E-state index contributed by atoms with van der Waals surface area (Å²) in [5, 5.41) is 14.1. The Morgan fingerprint density at radius 3 is 1.92 bits per heavy atom. The van der Waals surface area contributed by atoms with Crippen LogP contribution in [0.4, 0.5) is 16.2 Å². The molecule has 0 bridgehead atoms. The second-order valence-corrected chi connectivity index (χ2v) is 4.68. The molecular formula is C17H17N3O4. The monoisotopic (exact) mass is 327 g/mol. The largest absolute Gasteiger partial charge is 0.493 e. The van der Waals surface area contributed by atoms with Gasteiger partial charge in [0.25, 0.3) is 0 Å². The highest BCUT2D eigenvalue weighted by atomic mass is 16.5. The number of hydrogen-bond donors (Lipinski definition) is 2. The highest BCUT2D eigenvalue weighted by Gasteiger charge is 2.14. The quantitative estimate of drug-likeness (QED) is 0.879. The molecule has 0 heterocycles. The van der Waals surface area contributed by atoms with Crippen molar-refractivity contribution in [2.75, 3.05) is 32.0 Å². The minimum atomic E-state index is -0.436. The van der Waals surface area contributed by atoms with Gasteiger partial charge >= 0.3 is 6.03 Å². The first kappa shape index (κ1) is 17.0. The van der Waals surface area contributed by atoms with Crippen LogP contribution in [0.1, 0.15) is 5.56 Å². The first-order valence-corrected chi connectivity index (χ1v) is 6.99. The SMILES string of the molecule is COc1cc(NC(=O)Nc2ccc(C#N)cc2)cc(OC)c1OC. The van der Waals surface area contributed by atoms with E-state index in [-0.39, 0.29) is 0 Å². The van der Waals surface area contributed by atoms with Crippen LogP contribution in [0.25, 0.3) is 0 Å². The van der Waals surface area contributed by atoms with E-state index in [1.54, 1.807) is 36.4 Å². The molecule has 0 atom stereocenters. The third-order valence-corrected chi connectivity index (χ3v) is 3.19. The Morgan fingerprint density at radius 2 is 1.46 bits per heavy atom. The van der Waals surface area contributed by atoms with Gasteiger partial charge in [-0.1, -0.05) is 0 Å². The van der Waals surface area contributed by atoms with Crippen molar-refractivity contribution in [3.05, 3.63) is 42.0 Å². The van der Waals surface area contributed by atoms with Crippen molar-refractivity contribution in [2.24, 2.45) is 0 Å². The molecule has 0 aromatic heterocycles. The summed E-state index contributed by atoms with van der Waals surface area (Å²) < 4.78 is 15.7. The number of nitriles is 1. The number of nitrogens with one attached hydrogen (secondary N) is 2. The Kier molecular flexibility index (Phi) is 5.47. The summed E-state index contributed by atoms with van der Waals surface area (Å²) in [5.74, 6) is 1.31. The molecule has 124 valence electrons. The number of rotatable bonds is 5. The van der Waals surface area contributed by atoms with Crippen molar-refractivity contribution in [3.63, 3.8) is 0 Å². The topological polar surface area (TPSA) is 92.6 Å². The van der Waals surface area contributed by atoms with Gasteiger partial charge < -0.3 is 24.8 Å². The predicted molar refractivity (Wildman–Crippen MR) is 89.9 cm³/mol. The minimum absolute atomic E-state index is 0.436. The van der Waals surface area contributed by atoms with Gasteiger partial charge in [0.15, 0.2) is 11.5 Å². The number of methoxy groups -OCH3 is 3. The van der Waals surface area contributed by atoms with E-state index < -0.39 is 6.03 Å². The molecule has 0 unspecified atom stereocenters. The molecule has 2 amide bonds. The van der Waals surface area contributed by atoms with Crippen LogP contribution >= 0.6 is 0 Å². The number of anilines is 2. The molecule has 2 aromatic rings. The molecule has 0 fully saturated rings. The Labute approximate surface area is 139 Å². The van der Waals surface area contributed by atoms with E-state index in [1.807, 2.05) is 6.07 Å². The van der Waals surface area contributed by atoms with Crippen molar-refractivity contribution in [1.29, 1.82) is 5.26 Å². The Balaban J connectivity index is 2.14. The summed E-state index contributed by atoms with van der Waals surface area (Å²) in [6.07, 6.45) is 0. The lowest BCUT2D eigenvalue weighted by Gasteiger charge is -2.15. The van der Waals surface area contributed by atoms with Crippen LogP contribution in [0.15, 0.2) is 36.4 Å². The fourth-order valence-electron chi connectivity index (χ4n) is 2.07. The van der Waals surface area contributed by atoms with Crippen LogP contribution in [0.5, 0.6) is 17.2 Å². The van der Waals surface area contributed by atoms with Crippen molar-refractivity contribution < 1.29 is 19.0 Å². The van der Waals surface area contributed by atoms with Gasteiger partial charge in [0.2, 0.25) is 5.75 Å². The normalized spacial score (nSPS) is 9.58. The maximum atomic E-state index is 12.1. The molecule has 0 aliphatic heterocycles. The standard InChI is InChI=1S/C17H17N3O4/c1-22-14-8-13(9-15(23-2)16(14)24-3)20-17(21)19-12-6-4-11(10-18)5-7-12/h4-9H,1-3H3,(H2,19,20,21). The maximum absolute atomic E-state index is 12.1. The first-order chi connectivity index (χ1) is 11.6. The second kappa shape index (κ2) is 7.74. The minimum Gasteiger partial charge on any atom is -0.493 e. The molecule has 0 aliphatic rings. The summed E-state index contributed by atoms with van der Waals surface area (Å²) in [6.45, 7) is 0. The van der Waals surface area contributed by atoms with Crippen LogP contribution in [0, 0.1) is 11.3 Å². The van der Waals surface area contributed by atoms with Crippen molar-refractivity contribution in [2.45, 2.75) is 0 Å². The fourth-order valence-corrected chi connectivity index (χ4v) is 2.07. The molecular weight excluding hydrogens is 310 g/mol. The third-order valence-electron chi connectivity index (χ3n) is 3.19. The van der Waals surface area contributed by atoms with Crippen molar-refractivity contribution in [1.82, 2.24) is 0 Å². The van der Waals surface area contributed by atoms with E-state index in [0.717, 1.165) is 0 Å². The molecule has 7 nitrogen and oxygen atoms in total. The van der Waals surface area contributed by atoms with E-state index in [4.69, 9.17) is 19.5 Å². The van der Waals surface area contributed by atoms with Gasteiger partial charge in [0.05, 0.1) is 38.6 Å². The van der Waals surface area contributed by atoms with Crippen LogP contribution in [-0.2, 0) is 0 Å². The van der Waals surface area contributed by atoms with E-state index in [0.29, 0.717) is 34.2 Å². The van der Waals surface area contributed by atoms with Gasteiger partial charge in [-0.25, -0.2) is 4.79 Å². The predicted octanol–water partition coefficient (Wildman–Crippen LogP) is 3.23. The summed E-state index contributed by atoms with van der Waals surface area (Å²) in [4.78, 5) is 12.1. The summed E-state index contributed by atoms with van der Waals surface area (Å²) in [7, 11) is 4.50. The molecule has 0 spiro atoms. The number of urea groups is 1. The summed E-state index contributed by atoms with van der Waals surface area (Å²) in [5.41, 5.74) is 1.57. The number of carbonyl (C=O) groups excluding carboxylic acids is 1. The molecule has 2 N–H and O–H groups in total. The van der Waals surface area contributed by atoms with Gasteiger partial charge in [-0.2, -0.15) is 5.26 Å². The number of benzene rings is 2. The number of amides is 2. The average Bonchev–Trinajstić information content (AvgIpc) is 2.61. The zero-order valence-corrected chi connectivity index (χ0v) is 13.5. The van der Waals surface area contributed by atoms with E-state index in [2.05, 4.69) is 10.6 Å². The van der Waals surface area contributed by atoms with Gasteiger partial charge in [-0.3, -0.25) is 0 Å². The van der Waals surface area contributed by atoms with Gasteiger partial charge in [0, 0.05) is 17.8 Å². The molecule has 7 heteroatoms. The smallest absolute Gasteiger partial charge is 0.323 e. The zero-order chi connectivity index (χ0) is 17.5. The lowest BCUT2D eigenvalue weighted by atomic mass is 10.2. The molecule has 24 heavy (non-hydrogen) atoms. The number of hydrogen-bond acceptors (Lipinski definition) is 5. The molecule has 0 saturated carbocycles. The second-order valence-electron chi connectivity index (χ2n) is 4.68. The molecule has 0 radical (unpaired) electrons. The molecule has 0 saturated heterocycles. The molecule has 2 aromatic carbocycles. The Morgan fingerprint density at radius 1 is 0.917 bits per heavy atom. The van der Waals surface area contributed by atoms with E-state index in [9.17, 15) is 4.79 Å². The van der Waals surface area contributed by atoms with E-state index >= 15 is 0 Å². The Bertz CT molecular complexity index is 741. The zero-order valence-electron chi connectivity index (χ0n) is 13.5. The van der Waals surface area contributed by atoms with Gasteiger partial charge in [-0.15, -0.1) is 0 Å². The number of ether oxygens (including phenoxy) is 3. The van der Waals surface area contributed by atoms with Crippen LogP contribution < -0.4 is 24.8 Å². The molecule has 0 aliphatic carbocycles. The Hall–Kier alpha value is -3.40. The fraction of sp³-hybridized carbons (Fsp3) is 0.176. The van der Waals surface area contributed by atoms with Gasteiger partial charge in [-0.05, 0) is 24.3 Å². The average molecular weight is 327 g/mol. The number of nitrogens with zero attached hydrogens (tertiary/aromatic N) is 1. The van der Waals surface area contributed by atoms with Crippen LogP contribution in [0.3, 0.4) is 0 Å². The summed E-state index contributed by atoms with van der Waals surface area (Å²) in [6, 6.07) is 11.4. The molecule has 2 rings (SSSR count). The van der Waals surface area contributed by atoms with Crippen molar-refractivity contribution >= 4 is 17.4 Å². The third kappa shape index (κ3) is 3.87. The van der Waals surface area contributed by atoms with Crippen LogP contribution in [-0.4, -0.2) is 27.4 Å². The first-order valence-electron chi connectivity index (χ1n) is 6.99. The maximum Gasteiger partial charge on any atom is 0.323 e. The lowest BCUT2D eigenvalue weighted by Crippen LogP contribution is -2.19.